The first-order chi connectivity index (χ1) is 13.3. The molecule has 0 spiro atoms. The summed E-state index contributed by atoms with van der Waals surface area (Å²) in [5.74, 6) is -0.00405. The van der Waals surface area contributed by atoms with Gasteiger partial charge in [-0.05, 0) is 44.5 Å². The number of anilines is 1. The Kier molecular flexibility index (Phi) is 10.1. The van der Waals surface area contributed by atoms with Crippen molar-refractivity contribution < 1.29 is 19.1 Å². The molecule has 1 rings (SSSR count). The number of hydrogen-bond acceptors (Lipinski definition) is 5. The molecule has 1 atom stereocenters. The lowest BCUT2D eigenvalue weighted by atomic mass is 10.1. The zero-order chi connectivity index (χ0) is 20.9. The van der Waals surface area contributed by atoms with E-state index in [1.807, 2.05) is 12.1 Å². The van der Waals surface area contributed by atoms with Crippen molar-refractivity contribution >= 4 is 23.5 Å². The molecular formula is C19H29N5O4. The van der Waals surface area contributed by atoms with Gasteiger partial charge in [0, 0.05) is 12.2 Å². The van der Waals surface area contributed by atoms with Crippen molar-refractivity contribution in [1.82, 2.24) is 16.0 Å². The van der Waals surface area contributed by atoms with E-state index >= 15 is 0 Å². The van der Waals surface area contributed by atoms with Gasteiger partial charge in [-0.25, -0.2) is 4.79 Å². The third-order valence-electron chi connectivity index (χ3n) is 3.66. The molecule has 0 saturated heterocycles. The Morgan fingerprint density at radius 1 is 1.21 bits per heavy atom. The van der Waals surface area contributed by atoms with Crippen molar-refractivity contribution in [2.75, 3.05) is 25.5 Å². The van der Waals surface area contributed by atoms with Crippen LogP contribution < -0.4 is 27.0 Å². The van der Waals surface area contributed by atoms with Gasteiger partial charge in [0.05, 0.1) is 12.3 Å². The number of nitrogens with two attached hydrogens (primary N) is 1. The fraction of sp³-hybridized carbons (Fsp3) is 0.421. The second-order valence-electron chi connectivity index (χ2n) is 6.26. The van der Waals surface area contributed by atoms with Crippen molar-refractivity contribution in [1.29, 1.82) is 0 Å². The van der Waals surface area contributed by atoms with E-state index in [2.05, 4.69) is 27.8 Å². The van der Waals surface area contributed by atoms with Crippen LogP contribution in [0.4, 0.5) is 10.5 Å². The lowest BCUT2D eigenvalue weighted by Gasteiger charge is -2.19. The van der Waals surface area contributed by atoms with Gasteiger partial charge in [-0.3, -0.25) is 9.59 Å². The van der Waals surface area contributed by atoms with Gasteiger partial charge in [-0.2, -0.15) is 0 Å². The number of ether oxygens (including phenoxy) is 1. The van der Waals surface area contributed by atoms with E-state index < -0.39 is 12.1 Å². The van der Waals surface area contributed by atoms with Crippen molar-refractivity contribution in [3.05, 3.63) is 42.2 Å². The SMILES string of the molecule is C=C(C)OCc1ccc(NC(=O)C(CCCNC(N)=O)NC(=O)CNC)cc1. The number of carbonyl (C=O) groups excluding carboxylic acids is 3. The van der Waals surface area contributed by atoms with Gasteiger partial charge in [-0.15, -0.1) is 0 Å². The minimum atomic E-state index is -0.734. The summed E-state index contributed by atoms with van der Waals surface area (Å²) in [6.45, 7) is 6.27. The van der Waals surface area contributed by atoms with E-state index in [-0.39, 0.29) is 18.4 Å². The van der Waals surface area contributed by atoms with Crippen molar-refractivity contribution in [3.63, 3.8) is 0 Å². The zero-order valence-corrected chi connectivity index (χ0v) is 16.3. The average Bonchev–Trinajstić information content (AvgIpc) is 2.63. The Labute approximate surface area is 165 Å². The summed E-state index contributed by atoms with van der Waals surface area (Å²) in [6, 6.07) is 5.83. The van der Waals surface area contributed by atoms with E-state index in [9.17, 15) is 14.4 Å². The molecule has 0 aliphatic heterocycles. The summed E-state index contributed by atoms with van der Waals surface area (Å²) in [5.41, 5.74) is 6.57. The van der Waals surface area contributed by atoms with E-state index in [0.717, 1.165) is 5.56 Å². The fourth-order valence-electron chi connectivity index (χ4n) is 2.31. The molecule has 1 aromatic rings. The molecule has 9 nitrogen and oxygen atoms in total. The molecule has 0 fully saturated rings. The monoisotopic (exact) mass is 391 g/mol. The fourth-order valence-corrected chi connectivity index (χ4v) is 2.31. The predicted octanol–water partition coefficient (Wildman–Crippen LogP) is 0.828. The zero-order valence-electron chi connectivity index (χ0n) is 16.3. The normalized spacial score (nSPS) is 11.2. The molecule has 1 unspecified atom stereocenters. The number of allylic oxidation sites excluding steroid dienone is 1. The number of amides is 4. The molecule has 0 aliphatic rings. The minimum absolute atomic E-state index is 0.0979. The number of primary amides is 1. The van der Waals surface area contributed by atoms with Crippen LogP contribution in [0.2, 0.25) is 0 Å². The molecule has 6 N–H and O–H groups in total. The molecule has 0 bridgehead atoms. The lowest BCUT2D eigenvalue weighted by Crippen LogP contribution is -2.46. The summed E-state index contributed by atoms with van der Waals surface area (Å²) < 4.78 is 5.35. The Bertz CT molecular complexity index is 675. The van der Waals surface area contributed by atoms with Crippen LogP contribution in [0.25, 0.3) is 0 Å². The summed E-state index contributed by atoms with van der Waals surface area (Å²) >= 11 is 0. The maximum Gasteiger partial charge on any atom is 0.312 e. The van der Waals surface area contributed by atoms with Gasteiger partial charge in [-0.1, -0.05) is 18.7 Å². The molecule has 0 radical (unpaired) electrons. The second-order valence-corrected chi connectivity index (χ2v) is 6.26. The highest BCUT2D eigenvalue weighted by Gasteiger charge is 2.20. The summed E-state index contributed by atoms with van der Waals surface area (Å²) in [6.07, 6.45) is 0.837. The van der Waals surface area contributed by atoms with Crippen LogP contribution in [0.5, 0.6) is 0 Å². The van der Waals surface area contributed by atoms with E-state index in [4.69, 9.17) is 10.5 Å². The van der Waals surface area contributed by atoms with Gasteiger partial charge >= 0.3 is 6.03 Å². The Hall–Kier alpha value is -3.07. The molecule has 0 aromatic heterocycles. The van der Waals surface area contributed by atoms with Crippen LogP contribution >= 0.6 is 0 Å². The van der Waals surface area contributed by atoms with Crippen LogP contribution in [0.1, 0.15) is 25.3 Å². The topological polar surface area (TPSA) is 135 Å². The number of rotatable bonds is 12. The number of carbonyl (C=O) groups is 3. The van der Waals surface area contributed by atoms with Crippen molar-refractivity contribution in [3.8, 4) is 0 Å². The smallest absolute Gasteiger partial charge is 0.312 e. The molecule has 4 amide bonds. The Balaban J connectivity index is 2.65. The number of likely N-dealkylation sites (N-methyl/N-ethyl adjacent to an activating group) is 1. The minimum Gasteiger partial charge on any atom is -0.494 e. The molecule has 0 heterocycles. The van der Waals surface area contributed by atoms with Crippen LogP contribution in [-0.4, -0.2) is 44.0 Å². The van der Waals surface area contributed by atoms with Gasteiger partial charge in [0.15, 0.2) is 0 Å². The third kappa shape index (κ3) is 9.58. The quantitative estimate of drug-likeness (QED) is 0.266. The Morgan fingerprint density at radius 3 is 2.46 bits per heavy atom. The van der Waals surface area contributed by atoms with Crippen molar-refractivity contribution in [2.24, 2.45) is 5.73 Å². The first-order valence-electron chi connectivity index (χ1n) is 8.97. The largest absolute Gasteiger partial charge is 0.494 e. The molecule has 0 saturated carbocycles. The van der Waals surface area contributed by atoms with Gasteiger partial charge in [0.25, 0.3) is 0 Å². The summed E-state index contributed by atoms with van der Waals surface area (Å²) in [4.78, 5) is 35.2. The molecule has 28 heavy (non-hydrogen) atoms. The highest BCUT2D eigenvalue weighted by Crippen LogP contribution is 2.12. The van der Waals surface area contributed by atoms with Gasteiger partial charge in [0.2, 0.25) is 11.8 Å². The maximum atomic E-state index is 12.6. The highest BCUT2D eigenvalue weighted by molar-refractivity contribution is 5.97. The summed E-state index contributed by atoms with van der Waals surface area (Å²) in [7, 11) is 1.64. The second kappa shape index (κ2) is 12.3. The first kappa shape index (κ1) is 23.0. The van der Waals surface area contributed by atoms with Crippen LogP contribution in [0, 0.1) is 0 Å². The van der Waals surface area contributed by atoms with E-state index in [0.29, 0.717) is 37.4 Å². The van der Waals surface area contributed by atoms with Gasteiger partial charge in [0.1, 0.15) is 12.6 Å². The highest BCUT2D eigenvalue weighted by atomic mass is 16.5. The van der Waals surface area contributed by atoms with Crippen molar-refractivity contribution in [2.45, 2.75) is 32.4 Å². The average molecular weight is 391 g/mol. The predicted molar refractivity (Wildman–Crippen MR) is 107 cm³/mol. The van der Waals surface area contributed by atoms with E-state index in [1.165, 1.54) is 0 Å². The van der Waals surface area contributed by atoms with Gasteiger partial charge < -0.3 is 31.7 Å². The molecule has 9 heteroatoms. The van der Waals surface area contributed by atoms with Crippen LogP contribution in [-0.2, 0) is 20.9 Å². The summed E-state index contributed by atoms with van der Waals surface area (Å²) in [5, 5.41) is 10.7. The van der Waals surface area contributed by atoms with Crippen LogP contribution in [0.3, 0.4) is 0 Å². The molecule has 1 aromatic carbocycles. The molecule has 0 aliphatic carbocycles. The van der Waals surface area contributed by atoms with Crippen LogP contribution in [0.15, 0.2) is 36.6 Å². The number of urea groups is 1. The first-order valence-corrected chi connectivity index (χ1v) is 8.97. The van der Waals surface area contributed by atoms with E-state index in [1.54, 1.807) is 26.1 Å². The number of nitrogens with one attached hydrogen (secondary N) is 4. The lowest BCUT2D eigenvalue weighted by molar-refractivity contribution is -0.126. The third-order valence-corrected chi connectivity index (χ3v) is 3.66. The maximum absolute atomic E-state index is 12.6. The standard InChI is InChI=1S/C19H29N5O4/c1-13(2)28-12-14-6-8-15(9-7-14)23-18(26)16(24-17(25)11-21-3)5-4-10-22-19(20)27/h6-9,16,21H,1,4-5,10-12H2,2-3H3,(H,23,26)(H,24,25)(H3,20,22,27). The molecular weight excluding hydrogens is 362 g/mol. The molecule has 154 valence electrons. The number of hydrogen-bond donors (Lipinski definition) is 5. The number of benzene rings is 1. The Morgan fingerprint density at radius 2 is 1.89 bits per heavy atom.